The van der Waals surface area contributed by atoms with Gasteiger partial charge >= 0.3 is 0 Å². The van der Waals surface area contributed by atoms with Gasteiger partial charge in [0.25, 0.3) is 0 Å². The highest BCUT2D eigenvalue weighted by molar-refractivity contribution is 7.09. The Bertz CT molecular complexity index is 364. The molecule has 0 bridgehead atoms. The van der Waals surface area contributed by atoms with E-state index in [0.29, 0.717) is 0 Å². The number of rotatable bonds is 3. The standard InChI is InChI=1S/C9H11N3S/c1-2-12-7-10-11-9(12)6-8-4-3-5-13-8/h3-5,7H,2,6H2,1H3. The van der Waals surface area contributed by atoms with Crippen molar-refractivity contribution in [2.75, 3.05) is 0 Å². The molecule has 0 fully saturated rings. The molecule has 2 heterocycles. The van der Waals surface area contributed by atoms with E-state index in [4.69, 9.17) is 0 Å². The highest BCUT2D eigenvalue weighted by Crippen LogP contribution is 2.12. The van der Waals surface area contributed by atoms with Gasteiger partial charge < -0.3 is 4.57 Å². The molecular formula is C9H11N3S. The average Bonchev–Trinajstić information content (AvgIpc) is 2.76. The molecule has 2 aromatic rings. The van der Waals surface area contributed by atoms with Crippen LogP contribution < -0.4 is 0 Å². The van der Waals surface area contributed by atoms with E-state index in [1.165, 1.54) is 4.88 Å². The minimum absolute atomic E-state index is 0.894. The Morgan fingerprint density at radius 2 is 2.46 bits per heavy atom. The Morgan fingerprint density at radius 1 is 1.54 bits per heavy atom. The quantitative estimate of drug-likeness (QED) is 0.746. The van der Waals surface area contributed by atoms with Crippen molar-refractivity contribution < 1.29 is 0 Å². The Hall–Kier alpha value is -1.16. The second-order valence-electron chi connectivity index (χ2n) is 2.79. The first-order valence-corrected chi connectivity index (χ1v) is 5.17. The molecule has 0 aliphatic rings. The number of aryl methyl sites for hydroxylation is 1. The lowest BCUT2D eigenvalue weighted by Crippen LogP contribution is -2.00. The minimum atomic E-state index is 0.894. The lowest BCUT2D eigenvalue weighted by atomic mass is 10.3. The van der Waals surface area contributed by atoms with E-state index < -0.39 is 0 Å². The summed E-state index contributed by atoms with van der Waals surface area (Å²) in [5.41, 5.74) is 0. The topological polar surface area (TPSA) is 30.7 Å². The summed E-state index contributed by atoms with van der Waals surface area (Å²) < 4.78 is 2.07. The molecule has 2 rings (SSSR count). The maximum atomic E-state index is 4.08. The molecule has 0 N–H and O–H groups in total. The molecule has 68 valence electrons. The van der Waals surface area contributed by atoms with Crippen LogP contribution in [0.2, 0.25) is 0 Å². The molecule has 4 heteroatoms. The normalized spacial score (nSPS) is 10.5. The zero-order valence-electron chi connectivity index (χ0n) is 7.47. The van der Waals surface area contributed by atoms with Crippen molar-refractivity contribution >= 4 is 11.3 Å². The molecule has 13 heavy (non-hydrogen) atoms. The van der Waals surface area contributed by atoms with Gasteiger partial charge in [0.15, 0.2) is 0 Å². The highest BCUT2D eigenvalue weighted by Gasteiger charge is 2.03. The molecule has 0 atom stereocenters. The van der Waals surface area contributed by atoms with Crippen molar-refractivity contribution in [1.82, 2.24) is 14.8 Å². The molecule has 0 aliphatic carbocycles. The van der Waals surface area contributed by atoms with E-state index in [9.17, 15) is 0 Å². The fraction of sp³-hybridized carbons (Fsp3) is 0.333. The van der Waals surface area contributed by atoms with Crippen LogP contribution in [0.4, 0.5) is 0 Å². The predicted molar refractivity (Wildman–Crippen MR) is 52.8 cm³/mol. The third-order valence-corrected chi connectivity index (χ3v) is 2.83. The van der Waals surface area contributed by atoms with Gasteiger partial charge in [0.05, 0.1) is 0 Å². The first-order chi connectivity index (χ1) is 6.40. The maximum absolute atomic E-state index is 4.08. The van der Waals surface area contributed by atoms with Crippen LogP contribution in [-0.4, -0.2) is 14.8 Å². The summed E-state index contributed by atoms with van der Waals surface area (Å²) >= 11 is 1.76. The molecule has 3 nitrogen and oxygen atoms in total. The van der Waals surface area contributed by atoms with Gasteiger partial charge in [-0.3, -0.25) is 0 Å². The smallest absolute Gasteiger partial charge is 0.138 e. The van der Waals surface area contributed by atoms with Crippen molar-refractivity contribution in [3.63, 3.8) is 0 Å². The predicted octanol–water partition coefficient (Wildman–Crippen LogP) is 1.95. The summed E-state index contributed by atoms with van der Waals surface area (Å²) in [6, 6.07) is 4.19. The lowest BCUT2D eigenvalue weighted by molar-refractivity contribution is 0.714. The molecule has 0 saturated carbocycles. The molecule has 2 aromatic heterocycles. The SMILES string of the molecule is CCn1cnnc1Cc1cccs1. The Kier molecular flexibility index (Phi) is 2.40. The molecule has 0 aromatic carbocycles. The average molecular weight is 193 g/mol. The summed E-state index contributed by atoms with van der Waals surface area (Å²) in [5, 5.41) is 10.1. The van der Waals surface area contributed by atoms with Gasteiger partial charge in [-0.2, -0.15) is 0 Å². The number of hydrogen-bond acceptors (Lipinski definition) is 3. The lowest BCUT2D eigenvalue weighted by Gasteiger charge is -2.00. The van der Waals surface area contributed by atoms with Crippen LogP contribution in [0.5, 0.6) is 0 Å². The fourth-order valence-electron chi connectivity index (χ4n) is 1.25. The van der Waals surface area contributed by atoms with E-state index >= 15 is 0 Å². The monoisotopic (exact) mass is 193 g/mol. The third kappa shape index (κ3) is 1.78. The summed E-state index contributed by atoms with van der Waals surface area (Å²) in [4.78, 5) is 1.34. The number of nitrogens with zero attached hydrogens (tertiary/aromatic N) is 3. The fourth-order valence-corrected chi connectivity index (χ4v) is 1.95. The highest BCUT2D eigenvalue weighted by atomic mass is 32.1. The van der Waals surface area contributed by atoms with Crippen molar-refractivity contribution in [1.29, 1.82) is 0 Å². The van der Waals surface area contributed by atoms with Gasteiger partial charge in [0, 0.05) is 17.8 Å². The van der Waals surface area contributed by atoms with E-state index in [-0.39, 0.29) is 0 Å². The zero-order chi connectivity index (χ0) is 9.10. The van der Waals surface area contributed by atoms with Gasteiger partial charge in [-0.1, -0.05) is 6.07 Å². The van der Waals surface area contributed by atoms with E-state index in [1.54, 1.807) is 17.7 Å². The minimum Gasteiger partial charge on any atom is -0.318 e. The summed E-state index contributed by atoms with van der Waals surface area (Å²) in [6.45, 7) is 3.04. The molecule has 0 unspecified atom stereocenters. The Labute approximate surface area is 81.1 Å². The first-order valence-electron chi connectivity index (χ1n) is 4.29. The number of aromatic nitrogens is 3. The molecular weight excluding hydrogens is 182 g/mol. The first kappa shape index (κ1) is 8.44. The van der Waals surface area contributed by atoms with E-state index in [1.807, 2.05) is 0 Å². The maximum Gasteiger partial charge on any atom is 0.138 e. The van der Waals surface area contributed by atoms with Gasteiger partial charge in [0.1, 0.15) is 12.2 Å². The van der Waals surface area contributed by atoms with Gasteiger partial charge in [-0.05, 0) is 18.4 Å². The second kappa shape index (κ2) is 3.70. The molecule has 0 saturated heterocycles. The van der Waals surface area contributed by atoms with Crippen LogP contribution in [0.25, 0.3) is 0 Å². The van der Waals surface area contributed by atoms with Gasteiger partial charge in [-0.25, -0.2) is 0 Å². The van der Waals surface area contributed by atoms with Gasteiger partial charge in [0.2, 0.25) is 0 Å². The van der Waals surface area contributed by atoms with Crippen molar-refractivity contribution in [2.45, 2.75) is 19.9 Å². The summed E-state index contributed by atoms with van der Waals surface area (Å²) in [5.74, 6) is 1.05. The van der Waals surface area contributed by atoms with Crippen LogP contribution in [-0.2, 0) is 13.0 Å². The molecule has 0 aliphatic heterocycles. The summed E-state index contributed by atoms with van der Waals surface area (Å²) in [6.07, 6.45) is 2.68. The van der Waals surface area contributed by atoms with Crippen molar-refractivity contribution in [2.24, 2.45) is 0 Å². The van der Waals surface area contributed by atoms with Crippen LogP contribution in [0.1, 0.15) is 17.6 Å². The number of thiophene rings is 1. The Balaban J connectivity index is 2.18. The van der Waals surface area contributed by atoms with Crippen molar-refractivity contribution in [3.8, 4) is 0 Å². The second-order valence-corrected chi connectivity index (χ2v) is 3.82. The third-order valence-electron chi connectivity index (χ3n) is 1.95. The molecule has 0 radical (unpaired) electrons. The van der Waals surface area contributed by atoms with Gasteiger partial charge in [-0.15, -0.1) is 21.5 Å². The van der Waals surface area contributed by atoms with Crippen LogP contribution in [0.15, 0.2) is 23.8 Å². The summed E-state index contributed by atoms with van der Waals surface area (Å²) in [7, 11) is 0. The van der Waals surface area contributed by atoms with Crippen molar-refractivity contribution in [3.05, 3.63) is 34.5 Å². The Morgan fingerprint density at radius 3 is 3.15 bits per heavy atom. The zero-order valence-corrected chi connectivity index (χ0v) is 8.29. The van der Waals surface area contributed by atoms with E-state index in [2.05, 4.69) is 39.2 Å². The largest absolute Gasteiger partial charge is 0.318 e. The van der Waals surface area contributed by atoms with Crippen LogP contribution in [0, 0.1) is 0 Å². The van der Waals surface area contributed by atoms with Crippen LogP contribution >= 0.6 is 11.3 Å². The van der Waals surface area contributed by atoms with E-state index in [0.717, 1.165) is 18.8 Å². The van der Waals surface area contributed by atoms with Crippen LogP contribution in [0.3, 0.4) is 0 Å². The number of hydrogen-bond donors (Lipinski definition) is 0. The molecule has 0 spiro atoms. The molecule has 0 amide bonds.